The van der Waals surface area contributed by atoms with Crippen molar-refractivity contribution in [1.82, 2.24) is 0 Å². The Kier molecular flexibility index (Phi) is 3.03. The number of rotatable bonds is 2. The Morgan fingerprint density at radius 3 is 2.71 bits per heavy atom. The lowest BCUT2D eigenvalue weighted by molar-refractivity contribution is -0.387. The van der Waals surface area contributed by atoms with E-state index in [1.54, 1.807) is 0 Å². The molecule has 0 aliphatic rings. The van der Waals surface area contributed by atoms with Gasteiger partial charge in [0.1, 0.15) is 5.82 Å². The molecule has 0 heterocycles. The Hall–Kier alpha value is -1.63. The first-order chi connectivity index (χ1) is 6.50. The molecule has 14 heavy (non-hydrogen) atoms. The molecule has 0 atom stereocenters. The van der Waals surface area contributed by atoms with Gasteiger partial charge in [-0.1, -0.05) is 0 Å². The molecule has 1 aromatic rings. The maximum Gasteiger partial charge on any atom is 0.369 e. The number of benzene rings is 1. The number of halogens is 1. The first-order valence-corrected chi connectivity index (χ1v) is 4.17. The lowest BCUT2D eigenvalue weighted by atomic mass is 10.3. The van der Waals surface area contributed by atoms with Crippen molar-refractivity contribution in [3.8, 4) is 0 Å². The van der Waals surface area contributed by atoms with E-state index in [2.05, 4.69) is 0 Å². The third-order valence-electron chi connectivity index (χ3n) is 1.32. The molecule has 0 aromatic heterocycles. The van der Waals surface area contributed by atoms with Gasteiger partial charge in [-0.25, -0.2) is 9.18 Å². The van der Waals surface area contributed by atoms with Gasteiger partial charge in [0.2, 0.25) is 0 Å². The van der Waals surface area contributed by atoms with E-state index in [0.29, 0.717) is 0 Å². The zero-order chi connectivity index (χ0) is 10.7. The average Bonchev–Trinajstić information content (AvgIpc) is 2.01. The Labute approximate surface area is 81.7 Å². The minimum atomic E-state index is -1.32. The van der Waals surface area contributed by atoms with Gasteiger partial charge in [0, 0.05) is 17.8 Å². The standard InChI is InChI=1S/C7H4FNO4S/c8-4-1-2-5(9(12)13)6(3-4)14-7(10)11/h1-3H,(H,10,11). The zero-order valence-electron chi connectivity index (χ0n) is 6.64. The first kappa shape index (κ1) is 10.5. The van der Waals surface area contributed by atoms with Gasteiger partial charge >= 0.3 is 5.30 Å². The van der Waals surface area contributed by atoms with Gasteiger partial charge in [0.05, 0.1) is 9.82 Å². The lowest BCUT2D eigenvalue weighted by Gasteiger charge is -1.98. The molecule has 0 saturated heterocycles. The van der Waals surface area contributed by atoms with Gasteiger partial charge in [-0.2, -0.15) is 0 Å². The monoisotopic (exact) mass is 217 g/mol. The second-order valence-corrected chi connectivity index (χ2v) is 3.23. The summed E-state index contributed by atoms with van der Waals surface area (Å²) in [5.74, 6) is -0.709. The molecule has 1 rings (SSSR count). The predicted octanol–water partition coefficient (Wildman–Crippen LogP) is 2.50. The molecule has 7 heteroatoms. The highest BCUT2D eigenvalue weighted by molar-refractivity contribution is 8.13. The number of hydrogen-bond donors (Lipinski definition) is 1. The summed E-state index contributed by atoms with van der Waals surface area (Å²) in [6.07, 6.45) is 0. The summed E-state index contributed by atoms with van der Waals surface area (Å²) >= 11 is 0.203. The Bertz CT molecular complexity index is 395. The fraction of sp³-hybridized carbons (Fsp3) is 0. The molecule has 1 N–H and O–H groups in total. The zero-order valence-corrected chi connectivity index (χ0v) is 7.45. The molecule has 0 saturated carbocycles. The molecule has 0 aliphatic heterocycles. The van der Waals surface area contributed by atoms with E-state index in [0.717, 1.165) is 18.2 Å². The largest absolute Gasteiger partial charge is 0.473 e. The van der Waals surface area contributed by atoms with E-state index in [-0.39, 0.29) is 16.7 Å². The van der Waals surface area contributed by atoms with Gasteiger partial charge in [-0.05, 0) is 12.1 Å². The van der Waals surface area contributed by atoms with Crippen molar-refractivity contribution in [1.29, 1.82) is 0 Å². The molecule has 0 spiro atoms. The van der Waals surface area contributed by atoms with Crippen molar-refractivity contribution >= 4 is 22.8 Å². The van der Waals surface area contributed by atoms with E-state index < -0.39 is 21.7 Å². The molecule has 5 nitrogen and oxygen atoms in total. The molecule has 0 unspecified atom stereocenters. The van der Waals surface area contributed by atoms with Crippen molar-refractivity contribution in [3.05, 3.63) is 34.1 Å². The Balaban J connectivity index is 3.15. The Morgan fingerprint density at radius 1 is 1.57 bits per heavy atom. The van der Waals surface area contributed by atoms with E-state index in [9.17, 15) is 19.3 Å². The van der Waals surface area contributed by atoms with Crippen molar-refractivity contribution in [3.63, 3.8) is 0 Å². The highest BCUT2D eigenvalue weighted by Gasteiger charge is 2.17. The van der Waals surface area contributed by atoms with Crippen molar-refractivity contribution in [2.75, 3.05) is 0 Å². The molecule has 0 bridgehead atoms. The lowest BCUT2D eigenvalue weighted by Crippen LogP contribution is -1.93. The normalized spacial score (nSPS) is 9.79. The number of nitro benzene ring substituents is 1. The maximum absolute atomic E-state index is 12.6. The van der Waals surface area contributed by atoms with Crippen LogP contribution in [0.5, 0.6) is 0 Å². The van der Waals surface area contributed by atoms with E-state index >= 15 is 0 Å². The van der Waals surface area contributed by atoms with Crippen molar-refractivity contribution in [2.45, 2.75) is 4.90 Å². The van der Waals surface area contributed by atoms with Crippen molar-refractivity contribution < 1.29 is 19.2 Å². The number of nitro groups is 1. The molecule has 1 aromatic carbocycles. The molecule has 0 radical (unpaired) electrons. The van der Waals surface area contributed by atoms with Crippen LogP contribution in [0.4, 0.5) is 14.9 Å². The van der Waals surface area contributed by atoms with Gasteiger partial charge in [0.15, 0.2) is 0 Å². The van der Waals surface area contributed by atoms with Crippen LogP contribution in [0.2, 0.25) is 0 Å². The molecule has 74 valence electrons. The molecule has 0 aliphatic carbocycles. The summed E-state index contributed by atoms with van der Waals surface area (Å²) in [5, 5.41) is 17.5. The fourth-order valence-corrected chi connectivity index (χ4v) is 1.42. The van der Waals surface area contributed by atoms with Crippen LogP contribution in [-0.4, -0.2) is 15.3 Å². The summed E-state index contributed by atoms with van der Waals surface area (Å²) in [6.45, 7) is 0. The van der Waals surface area contributed by atoms with Crippen LogP contribution < -0.4 is 0 Å². The van der Waals surface area contributed by atoms with Crippen LogP contribution in [0.25, 0.3) is 0 Å². The van der Waals surface area contributed by atoms with Crippen molar-refractivity contribution in [2.24, 2.45) is 0 Å². The third kappa shape index (κ3) is 2.43. The number of nitrogens with zero attached hydrogens (tertiary/aromatic N) is 1. The van der Waals surface area contributed by atoms with Crippen LogP contribution in [0.15, 0.2) is 23.1 Å². The molecule has 0 amide bonds. The summed E-state index contributed by atoms with van der Waals surface area (Å²) < 4.78 is 12.6. The summed E-state index contributed by atoms with van der Waals surface area (Å²) in [7, 11) is 0. The van der Waals surface area contributed by atoms with Crippen LogP contribution in [0.1, 0.15) is 0 Å². The molecule has 0 fully saturated rings. The summed E-state index contributed by atoms with van der Waals surface area (Å²) in [6, 6.07) is 2.65. The fourth-order valence-electron chi connectivity index (χ4n) is 0.815. The second-order valence-electron chi connectivity index (χ2n) is 2.24. The van der Waals surface area contributed by atoms with E-state index in [4.69, 9.17) is 5.11 Å². The minimum Gasteiger partial charge on any atom is -0.473 e. The average molecular weight is 217 g/mol. The van der Waals surface area contributed by atoms with E-state index in [1.165, 1.54) is 0 Å². The van der Waals surface area contributed by atoms with Crippen LogP contribution in [-0.2, 0) is 0 Å². The third-order valence-corrected chi connectivity index (χ3v) is 2.04. The number of carboxylic acid groups (broad SMARTS) is 1. The number of thioether (sulfide) groups is 1. The second kappa shape index (κ2) is 4.05. The quantitative estimate of drug-likeness (QED) is 0.467. The summed E-state index contributed by atoms with van der Waals surface area (Å²) in [5.41, 5.74) is -0.418. The van der Waals surface area contributed by atoms with Crippen LogP contribution in [0.3, 0.4) is 0 Å². The molecular formula is C7H4FNO4S. The smallest absolute Gasteiger partial charge is 0.369 e. The topological polar surface area (TPSA) is 80.4 Å². The highest BCUT2D eigenvalue weighted by atomic mass is 32.2. The minimum absolute atomic E-state index is 0.203. The predicted molar refractivity (Wildman–Crippen MR) is 46.9 cm³/mol. The number of carbonyl (C=O) groups is 1. The highest BCUT2D eigenvalue weighted by Crippen LogP contribution is 2.29. The Morgan fingerprint density at radius 2 is 2.21 bits per heavy atom. The summed E-state index contributed by atoms with van der Waals surface area (Å²) in [4.78, 5) is 19.7. The van der Waals surface area contributed by atoms with Gasteiger partial charge < -0.3 is 5.11 Å². The van der Waals surface area contributed by atoms with Gasteiger partial charge in [0.25, 0.3) is 5.69 Å². The van der Waals surface area contributed by atoms with Gasteiger partial charge in [-0.3, -0.25) is 10.1 Å². The number of hydrogen-bond acceptors (Lipinski definition) is 4. The van der Waals surface area contributed by atoms with E-state index in [1.807, 2.05) is 0 Å². The maximum atomic E-state index is 12.6. The van der Waals surface area contributed by atoms with Crippen LogP contribution >= 0.6 is 11.8 Å². The van der Waals surface area contributed by atoms with Crippen LogP contribution in [0, 0.1) is 15.9 Å². The first-order valence-electron chi connectivity index (χ1n) is 3.35. The SMILES string of the molecule is O=C(O)Sc1cc(F)ccc1[N+](=O)[O-]. The van der Waals surface area contributed by atoms with Gasteiger partial charge in [-0.15, -0.1) is 0 Å². The molecular weight excluding hydrogens is 213 g/mol.